The van der Waals surface area contributed by atoms with E-state index >= 15 is 0 Å². The lowest BCUT2D eigenvalue weighted by Gasteiger charge is -2.23. The minimum Gasteiger partial charge on any atom is -0.324 e. The van der Waals surface area contributed by atoms with E-state index in [2.05, 4.69) is 11.1 Å². The van der Waals surface area contributed by atoms with E-state index in [9.17, 15) is 0 Å². The number of hydrogen-bond acceptors (Lipinski definition) is 2. The summed E-state index contributed by atoms with van der Waals surface area (Å²) >= 11 is 6.12. The fourth-order valence-electron chi connectivity index (χ4n) is 2.52. The van der Waals surface area contributed by atoms with Gasteiger partial charge in [0.25, 0.3) is 0 Å². The minimum atomic E-state index is 0.0275. The van der Waals surface area contributed by atoms with E-state index in [4.69, 9.17) is 17.3 Å². The second-order valence-corrected chi connectivity index (χ2v) is 4.94. The van der Waals surface area contributed by atoms with E-state index in [1.807, 2.05) is 6.07 Å². The Labute approximate surface area is 88.5 Å². The van der Waals surface area contributed by atoms with Gasteiger partial charge in [-0.05, 0) is 37.3 Å². The predicted octanol–water partition coefficient (Wildman–Crippen LogP) is 2.26. The van der Waals surface area contributed by atoms with Crippen molar-refractivity contribution in [2.75, 3.05) is 0 Å². The van der Waals surface area contributed by atoms with E-state index in [1.165, 1.54) is 18.4 Å². The highest BCUT2D eigenvalue weighted by Gasteiger charge is 2.64. The molecule has 2 saturated carbocycles. The molecule has 0 spiro atoms. The molecule has 0 saturated heterocycles. The number of nitrogens with two attached hydrogens (primary N) is 1. The van der Waals surface area contributed by atoms with Crippen molar-refractivity contribution in [2.24, 2.45) is 5.73 Å². The first-order valence-electron chi connectivity index (χ1n) is 5.08. The highest BCUT2D eigenvalue weighted by Crippen LogP contribution is 2.64. The maximum Gasteiger partial charge on any atom is 0.132 e. The predicted molar refractivity (Wildman–Crippen MR) is 56.3 cm³/mol. The van der Waals surface area contributed by atoms with Crippen molar-refractivity contribution in [3.05, 3.63) is 29.0 Å². The molecule has 2 aliphatic rings. The van der Waals surface area contributed by atoms with Crippen LogP contribution in [-0.2, 0) is 5.41 Å². The molecule has 2 fully saturated rings. The third-order valence-corrected chi connectivity index (χ3v) is 4.07. The highest BCUT2D eigenvalue weighted by atomic mass is 35.5. The van der Waals surface area contributed by atoms with E-state index < -0.39 is 0 Å². The van der Waals surface area contributed by atoms with E-state index in [0.29, 0.717) is 5.15 Å². The molecule has 1 heterocycles. The number of aromatic nitrogens is 1. The third-order valence-electron chi connectivity index (χ3n) is 3.77. The fraction of sp³-hybridized carbons (Fsp3) is 0.545. The quantitative estimate of drug-likeness (QED) is 0.758. The van der Waals surface area contributed by atoms with Crippen LogP contribution in [0.4, 0.5) is 0 Å². The average Bonchev–Trinajstić information content (AvgIpc) is 3.01. The van der Waals surface area contributed by atoms with Crippen LogP contribution in [0.2, 0.25) is 5.15 Å². The van der Waals surface area contributed by atoms with Crippen molar-refractivity contribution in [1.82, 2.24) is 4.98 Å². The van der Waals surface area contributed by atoms with Crippen LogP contribution in [0.25, 0.3) is 0 Å². The van der Waals surface area contributed by atoms with Gasteiger partial charge in [-0.2, -0.15) is 0 Å². The van der Waals surface area contributed by atoms with E-state index in [0.717, 1.165) is 12.8 Å². The summed E-state index contributed by atoms with van der Waals surface area (Å²) in [5, 5.41) is 0.640. The van der Waals surface area contributed by atoms with Crippen LogP contribution in [0.3, 0.4) is 0 Å². The highest BCUT2D eigenvalue weighted by molar-refractivity contribution is 6.30. The Bertz CT molecular complexity index is 381. The number of halogens is 1. The third kappa shape index (κ3) is 0.984. The van der Waals surface area contributed by atoms with Crippen molar-refractivity contribution < 1.29 is 0 Å². The summed E-state index contributed by atoms with van der Waals surface area (Å²) < 4.78 is 0. The molecule has 1 aromatic heterocycles. The van der Waals surface area contributed by atoms with Gasteiger partial charge < -0.3 is 5.73 Å². The molecule has 0 aliphatic heterocycles. The second kappa shape index (κ2) is 2.50. The molecule has 2 nitrogen and oxygen atoms in total. The Morgan fingerprint density at radius 3 is 2.50 bits per heavy atom. The maximum absolute atomic E-state index is 6.30. The van der Waals surface area contributed by atoms with Crippen LogP contribution < -0.4 is 5.73 Å². The molecular formula is C11H13ClN2. The molecule has 3 rings (SSSR count). The van der Waals surface area contributed by atoms with Gasteiger partial charge in [0, 0.05) is 17.2 Å². The number of pyridine rings is 1. The first-order valence-corrected chi connectivity index (χ1v) is 5.46. The second-order valence-electron chi connectivity index (χ2n) is 4.58. The molecule has 0 bridgehead atoms. The zero-order chi connectivity index (χ0) is 9.81. The van der Waals surface area contributed by atoms with Crippen LogP contribution in [0.1, 0.15) is 31.2 Å². The van der Waals surface area contributed by atoms with E-state index in [-0.39, 0.29) is 11.0 Å². The van der Waals surface area contributed by atoms with Crippen LogP contribution >= 0.6 is 11.6 Å². The summed E-state index contributed by atoms with van der Waals surface area (Å²) in [5.74, 6) is 0. The smallest absolute Gasteiger partial charge is 0.132 e. The van der Waals surface area contributed by atoms with Gasteiger partial charge in [0.05, 0.1) is 0 Å². The average molecular weight is 209 g/mol. The van der Waals surface area contributed by atoms with Crippen LogP contribution in [0, 0.1) is 0 Å². The van der Waals surface area contributed by atoms with Gasteiger partial charge in [-0.25, -0.2) is 4.98 Å². The van der Waals surface area contributed by atoms with Crippen LogP contribution in [0.5, 0.6) is 0 Å². The van der Waals surface area contributed by atoms with Gasteiger partial charge in [0.2, 0.25) is 0 Å². The Kier molecular flexibility index (Phi) is 1.55. The molecule has 14 heavy (non-hydrogen) atoms. The summed E-state index contributed by atoms with van der Waals surface area (Å²) in [5.41, 5.74) is 7.66. The van der Waals surface area contributed by atoms with Crippen LogP contribution in [0.15, 0.2) is 18.3 Å². The molecule has 0 atom stereocenters. The molecule has 74 valence electrons. The van der Waals surface area contributed by atoms with E-state index in [1.54, 1.807) is 6.20 Å². The number of rotatable bonds is 2. The molecule has 0 radical (unpaired) electrons. The molecule has 0 amide bonds. The lowest BCUT2D eigenvalue weighted by Crippen LogP contribution is -2.37. The van der Waals surface area contributed by atoms with Crippen molar-refractivity contribution in [3.63, 3.8) is 0 Å². The largest absolute Gasteiger partial charge is 0.324 e. The maximum atomic E-state index is 6.30. The summed E-state index contributed by atoms with van der Waals surface area (Å²) in [6.45, 7) is 0. The van der Waals surface area contributed by atoms with Crippen molar-refractivity contribution in [2.45, 2.75) is 36.6 Å². The van der Waals surface area contributed by atoms with Crippen molar-refractivity contribution >= 4 is 11.6 Å². The molecule has 0 unspecified atom stereocenters. The molecular weight excluding hydrogens is 196 g/mol. The van der Waals surface area contributed by atoms with Gasteiger partial charge in [0.1, 0.15) is 5.15 Å². The molecule has 3 heteroatoms. The Morgan fingerprint density at radius 1 is 1.29 bits per heavy atom. The molecule has 0 aromatic carbocycles. The zero-order valence-electron chi connectivity index (χ0n) is 7.96. The Balaban J connectivity index is 2.07. The van der Waals surface area contributed by atoms with Gasteiger partial charge in [-0.3, -0.25) is 0 Å². The number of nitrogens with zero attached hydrogens (tertiary/aromatic N) is 1. The first kappa shape index (κ1) is 8.69. The normalized spacial score (nSPS) is 25.9. The summed E-state index contributed by atoms with van der Waals surface area (Å²) in [7, 11) is 0. The van der Waals surface area contributed by atoms with Gasteiger partial charge in [-0.1, -0.05) is 17.7 Å². The monoisotopic (exact) mass is 208 g/mol. The topological polar surface area (TPSA) is 38.9 Å². The lowest BCUT2D eigenvalue weighted by atomic mass is 9.87. The Hall–Kier alpha value is -0.600. The minimum absolute atomic E-state index is 0.0275. The summed E-state index contributed by atoms with van der Waals surface area (Å²) in [6, 6.07) is 4.03. The number of hydrogen-bond donors (Lipinski definition) is 1. The zero-order valence-corrected chi connectivity index (χ0v) is 8.72. The standard InChI is InChI=1S/C11H13ClN2/c12-9-8(2-1-7-14-9)10(3-4-10)11(13)5-6-11/h1-2,7H,3-6,13H2. The lowest BCUT2D eigenvalue weighted by molar-refractivity contribution is 0.502. The first-order chi connectivity index (χ1) is 6.68. The molecule has 2 N–H and O–H groups in total. The molecule has 1 aromatic rings. The summed E-state index contributed by atoms with van der Waals surface area (Å²) in [6.07, 6.45) is 6.36. The Morgan fingerprint density at radius 2 is 2.00 bits per heavy atom. The van der Waals surface area contributed by atoms with Crippen molar-refractivity contribution in [3.8, 4) is 0 Å². The summed E-state index contributed by atoms with van der Waals surface area (Å²) in [4.78, 5) is 4.14. The molecule has 2 aliphatic carbocycles. The van der Waals surface area contributed by atoms with Gasteiger partial charge >= 0.3 is 0 Å². The van der Waals surface area contributed by atoms with Gasteiger partial charge in [-0.15, -0.1) is 0 Å². The van der Waals surface area contributed by atoms with Crippen LogP contribution in [-0.4, -0.2) is 10.5 Å². The fourth-order valence-corrected chi connectivity index (χ4v) is 2.82. The van der Waals surface area contributed by atoms with Crippen molar-refractivity contribution in [1.29, 1.82) is 0 Å². The van der Waals surface area contributed by atoms with Gasteiger partial charge in [0.15, 0.2) is 0 Å². The SMILES string of the molecule is NC1(C2(c3cccnc3Cl)CC2)CC1.